The van der Waals surface area contributed by atoms with Gasteiger partial charge in [-0.25, -0.2) is 9.97 Å². The zero-order valence-corrected chi connectivity index (χ0v) is 11.8. The van der Waals surface area contributed by atoms with Gasteiger partial charge in [0.25, 0.3) is 0 Å². The lowest BCUT2D eigenvalue weighted by molar-refractivity contribution is -0.274. The summed E-state index contributed by atoms with van der Waals surface area (Å²) in [5.41, 5.74) is 1.63. The second-order valence-corrected chi connectivity index (χ2v) is 4.78. The van der Waals surface area contributed by atoms with Crippen molar-refractivity contribution < 1.29 is 17.9 Å². The summed E-state index contributed by atoms with van der Waals surface area (Å²) in [6, 6.07) is 13.3. The van der Waals surface area contributed by atoms with Crippen molar-refractivity contribution in [2.45, 2.75) is 12.9 Å². The van der Waals surface area contributed by atoms with E-state index in [1.165, 1.54) is 18.5 Å². The number of benzene rings is 2. The molecule has 0 amide bonds. The Morgan fingerprint density at radius 3 is 2.43 bits per heavy atom. The van der Waals surface area contributed by atoms with Crippen molar-refractivity contribution in [3.8, 4) is 5.75 Å². The number of fused-ring (bicyclic) bond motifs is 1. The van der Waals surface area contributed by atoms with E-state index in [2.05, 4.69) is 20.0 Å². The SMILES string of the molecule is FC(F)(F)Oc1ccc(CNc2ncnc3ccccc23)cc1. The standard InChI is InChI=1S/C16H12F3N3O/c17-16(18,19)23-12-7-5-11(6-8-12)9-20-15-13-3-1-2-4-14(13)21-10-22-15/h1-8,10H,9H2,(H,20,21,22). The molecule has 2 aromatic carbocycles. The lowest BCUT2D eigenvalue weighted by Gasteiger charge is -2.10. The van der Waals surface area contributed by atoms with E-state index < -0.39 is 6.36 Å². The fraction of sp³-hybridized carbons (Fsp3) is 0.125. The fourth-order valence-corrected chi connectivity index (χ4v) is 2.14. The quantitative estimate of drug-likeness (QED) is 0.785. The molecule has 0 spiro atoms. The number of ether oxygens (including phenoxy) is 1. The molecule has 7 heteroatoms. The molecule has 1 aromatic heterocycles. The average Bonchev–Trinajstić information content (AvgIpc) is 2.53. The highest BCUT2D eigenvalue weighted by atomic mass is 19.4. The Bertz CT molecular complexity index is 798. The maximum absolute atomic E-state index is 12.1. The maximum Gasteiger partial charge on any atom is 0.573 e. The van der Waals surface area contributed by atoms with Crippen LogP contribution in [-0.4, -0.2) is 16.3 Å². The number of para-hydroxylation sites is 1. The van der Waals surface area contributed by atoms with Crippen molar-refractivity contribution in [3.05, 3.63) is 60.4 Å². The van der Waals surface area contributed by atoms with Crippen molar-refractivity contribution in [3.63, 3.8) is 0 Å². The van der Waals surface area contributed by atoms with Crippen LogP contribution in [0.25, 0.3) is 10.9 Å². The van der Waals surface area contributed by atoms with E-state index in [0.717, 1.165) is 16.5 Å². The van der Waals surface area contributed by atoms with E-state index in [0.29, 0.717) is 12.4 Å². The van der Waals surface area contributed by atoms with Crippen LogP contribution >= 0.6 is 0 Å². The van der Waals surface area contributed by atoms with Crippen LogP contribution in [0.5, 0.6) is 5.75 Å². The molecule has 0 atom stereocenters. The summed E-state index contributed by atoms with van der Waals surface area (Å²) < 4.78 is 40.2. The van der Waals surface area contributed by atoms with Crippen LogP contribution in [0.2, 0.25) is 0 Å². The third kappa shape index (κ3) is 3.88. The largest absolute Gasteiger partial charge is 0.573 e. The number of alkyl halides is 3. The highest BCUT2D eigenvalue weighted by Crippen LogP contribution is 2.23. The molecule has 1 heterocycles. The number of anilines is 1. The highest BCUT2D eigenvalue weighted by Gasteiger charge is 2.30. The van der Waals surface area contributed by atoms with E-state index in [1.54, 1.807) is 12.1 Å². The molecule has 118 valence electrons. The summed E-state index contributed by atoms with van der Waals surface area (Å²) in [6.45, 7) is 0.424. The molecule has 4 nitrogen and oxygen atoms in total. The summed E-state index contributed by atoms with van der Waals surface area (Å²) in [4.78, 5) is 8.36. The summed E-state index contributed by atoms with van der Waals surface area (Å²) in [5.74, 6) is 0.431. The Morgan fingerprint density at radius 2 is 1.70 bits per heavy atom. The molecule has 0 saturated carbocycles. The second kappa shape index (κ2) is 6.12. The molecule has 0 fully saturated rings. The smallest absolute Gasteiger partial charge is 0.406 e. The molecule has 0 saturated heterocycles. The molecule has 23 heavy (non-hydrogen) atoms. The lowest BCUT2D eigenvalue weighted by Crippen LogP contribution is -2.17. The van der Waals surface area contributed by atoms with Gasteiger partial charge in [0, 0.05) is 11.9 Å². The van der Waals surface area contributed by atoms with Crippen molar-refractivity contribution >= 4 is 16.7 Å². The predicted octanol–water partition coefficient (Wildman–Crippen LogP) is 4.14. The van der Waals surface area contributed by atoms with E-state index in [1.807, 2.05) is 24.3 Å². The topological polar surface area (TPSA) is 47.0 Å². The average molecular weight is 319 g/mol. The Hall–Kier alpha value is -2.83. The van der Waals surface area contributed by atoms with Gasteiger partial charge in [-0.15, -0.1) is 13.2 Å². The number of rotatable bonds is 4. The summed E-state index contributed by atoms with van der Waals surface area (Å²) in [6.07, 6.45) is -3.22. The van der Waals surface area contributed by atoms with Crippen molar-refractivity contribution in [2.75, 3.05) is 5.32 Å². The van der Waals surface area contributed by atoms with E-state index in [9.17, 15) is 13.2 Å². The first-order valence-electron chi connectivity index (χ1n) is 6.79. The van der Waals surface area contributed by atoms with Gasteiger partial charge in [0.05, 0.1) is 5.52 Å². The van der Waals surface area contributed by atoms with E-state index in [-0.39, 0.29) is 5.75 Å². The molecule has 0 aliphatic heterocycles. The molecule has 1 N–H and O–H groups in total. The third-order valence-electron chi connectivity index (χ3n) is 3.16. The Labute approximate surface area is 129 Å². The zero-order valence-electron chi connectivity index (χ0n) is 11.8. The Balaban J connectivity index is 1.70. The molecule has 0 aliphatic rings. The second-order valence-electron chi connectivity index (χ2n) is 4.78. The van der Waals surface area contributed by atoms with Crippen molar-refractivity contribution in [1.82, 2.24) is 9.97 Å². The van der Waals surface area contributed by atoms with Crippen LogP contribution in [0.3, 0.4) is 0 Å². The Kier molecular flexibility index (Phi) is 4.01. The van der Waals surface area contributed by atoms with Gasteiger partial charge in [-0.2, -0.15) is 0 Å². The minimum atomic E-state index is -4.68. The van der Waals surface area contributed by atoms with Gasteiger partial charge in [0.2, 0.25) is 0 Å². The molecule has 3 rings (SSSR count). The van der Waals surface area contributed by atoms with Crippen LogP contribution in [0.4, 0.5) is 19.0 Å². The molecular weight excluding hydrogens is 307 g/mol. The first kappa shape index (κ1) is 15.1. The van der Waals surface area contributed by atoms with Gasteiger partial charge >= 0.3 is 6.36 Å². The third-order valence-corrected chi connectivity index (χ3v) is 3.16. The van der Waals surface area contributed by atoms with Gasteiger partial charge in [0.15, 0.2) is 0 Å². The summed E-state index contributed by atoms with van der Waals surface area (Å²) >= 11 is 0. The minimum Gasteiger partial charge on any atom is -0.406 e. The number of nitrogens with zero attached hydrogens (tertiary/aromatic N) is 2. The van der Waals surface area contributed by atoms with Crippen LogP contribution in [-0.2, 0) is 6.54 Å². The molecule has 0 unspecified atom stereocenters. The summed E-state index contributed by atoms with van der Waals surface area (Å²) in [5, 5.41) is 4.04. The molecule has 0 aliphatic carbocycles. The lowest BCUT2D eigenvalue weighted by atomic mass is 10.2. The maximum atomic E-state index is 12.1. The van der Waals surface area contributed by atoms with Crippen LogP contribution in [0.1, 0.15) is 5.56 Å². The molecule has 0 bridgehead atoms. The zero-order chi connectivity index (χ0) is 16.3. The Morgan fingerprint density at radius 1 is 0.957 bits per heavy atom. The molecule has 3 aromatic rings. The number of hydrogen-bond donors (Lipinski definition) is 1. The first-order valence-corrected chi connectivity index (χ1v) is 6.79. The van der Waals surface area contributed by atoms with Crippen LogP contribution in [0, 0.1) is 0 Å². The monoisotopic (exact) mass is 319 g/mol. The molecule has 0 radical (unpaired) electrons. The van der Waals surface area contributed by atoms with Gasteiger partial charge in [-0.3, -0.25) is 0 Å². The highest BCUT2D eigenvalue weighted by molar-refractivity contribution is 5.88. The van der Waals surface area contributed by atoms with Gasteiger partial charge in [-0.1, -0.05) is 24.3 Å². The fourth-order valence-electron chi connectivity index (χ4n) is 2.14. The van der Waals surface area contributed by atoms with Crippen LogP contribution < -0.4 is 10.1 Å². The summed E-state index contributed by atoms with van der Waals surface area (Å²) in [7, 11) is 0. The van der Waals surface area contributed by atoms with Crippen LogP contribution in [0.15, 0.2) is 54.9 Å². The number of nitrogens with one attached hydrogen (secondary N) is 1. The van der Waals surface area contributed by atoms with E-state index in [4.69, 9.17) is 0 Å². The first-order chi connectivity index (χ1) is 11.0. The number of aromatic nitrogens is 2. The van der Waals surface area contributed by atoms with E-state index >= 15 is 0 Å². The minimum absolute atomic E-state index is 0.242. The number of halogens is 3. The predicted molar refractivity (Wildman–Crippen MR) is 80.0 cm³/mol. The van der Waals surface area contributed by atoms with Gasteiger partial charge in [-0.05, 0) is 29.8 Å². The number of hydrogen-bond acceptors (Lipinski definition) is 4. The van der Waals surface area contributed by atoms with Crippen molar-refractivity contribution in [2.24, 2.45) is 0 Å². The van der Waals surface area contributed by atoms with Crippen molar-refractivity contribution in [1.29, 1.82) is 0 Å². The molecular formula is C16H12F3N3O. The normalized spacial score (nSPS) is 11.4. The van der Waals surface area contributed by atoms with Gasteiger partial charge in [0.1, 0.15) is 17.9 Å². The van der Waals surface area contributed by atoms with Gasteiger partial charge < -0.3 is 10.1 Å².